The molecule has 106 valence electrons. The van der Waals surface area contributed by atoms with Gasteiger partial charge in [0.2, 0.25) is 0 Å². The summed E-state index contributed by atoms with van der Waals surface area (Å²) in [5.74, 6) is 1.52. The molecule has 1 aromatic heterocycles. The Bertz CT molecular complexity index is 412. The molecule has 3 rings (SSSR count). The zero-order valence-corrected chi connectivity index (χ0v) is 12.4. The van der Waals surface area contributed by atoms with E-state index in [-0.39, 0.29) is 0 Å². The molecule has 2 fully saturated rings. The molecule has 0 aliphatic heterocycles. The lowest BCUT2D eigenvalue weighted by Gasteiger charge is -2.15. The number of hydrogen-bond acceptors (Lipinski definition) is 2. The minimum absolute atomic E-state index is 0.689. The van der Waals surface area contributed by atoms with E-state index >= 15 is 0 Å². The summed E-state index contributed by atoms with van der Waals surface area (Å²) in [6.45, 7) is 6.61. The highest BCUT2D eigenvalue weighted by Gasteiger charge is 2.32. The van der Waals surface area contributed by atoms with Crippen LogP contribution in [0.4, 0.5) is 0 Å². The topological polar surface area (TPSA) is 29.9 Å². The zero-order chi connectivity index (χ0) is 13.2. The summed E-state index contributed by atoms with van der Waals surface area (Å²) in [7, 11) is 0. The van der Waals surface area contributed by atoms with Crippen LogP contribution in [0.5, 0.6) is 0 Å². The number of aromatic nitrogens is 2. The first kappa shape index (κ1) is 13.2. The molecule has 2 aliphatic carbocycles. The second-order valence-electron chi connectivity index (χ2n) is 6.74. The Balaban J connectivity index is 1.72. The van der Waals surface area contributed by atoms with Crippen LogP contribution in [0, 0.1) is 5.92 Å². The summed E-state index contributed by atoms with van der Waals surface area (Å²) in [6, 6.07) is 0.689. The Morgan fingerprint density at radius 1 is 1.26 bits per heavy atom. The van der Waals surface area contributed by atoms with Crippen molar-refractivity contribution in [3.8, 4) is 0 Å². The molecule has 3 heteroatoms. The van der Waals surface area contributed by atoms with E-state index in [1.165, 1.54) is 44.1 Å². The quantitative estimate of drug-likeness (QED) is 0.847. The molecule has 0 spiro atoms. The van der Waals surface area contributed by atoms with Crippen LogP contribution in [0.2, 0.25) is 0 Å². The lowest BCUT2D eigenvalue weighted by Crippen LogP contribution is -2.20. The van der Waals surface area contributed by atoms with E-state index in [4.69, 9.17) is 5.10 Å². The van der Waals surface area contributed by atoms with Crippen LogP contribution >= 0.6 is 0 Å². The van der Waals surface area contributed by atoms with Gasteiger partial charge in [-0.25, -0.2) is 0 Å². The second-order valence-corrected chi connectivity index (χ2v) is 6.74. The normalized spacial score (nSPS) is 20.6. The molecule has 0 saturated heterocycles. The summed E-state index contributed by atoms with van der Waals surface area (Å²) < 4.78 is 2.39. The summed E-state index contributed by atoms with van der Waals surface area (Å²) in [4.78, 5) is 0. The predicted octanol–water partition coefficient (Wildman–Crippen LogP) is 3.62. The van der Waals surface area contributed by atoms with Crippen molar-refractivity contribution in [1.29, 1.82) is 0 Å². The summed E-state index contributed by atoms with van der Waals surface area (Å²) in [6.07, 6.45) is 10.3. The monoisotopic (exact) mass is 261 g/mol. The van der Waals surface area contributed by atoms with E-state index in [2.05, 4.69) is 30.0 Å². The number of nitrogens with one attached hydrogen (secondary N) is 1. The third-order valence-electron chi connectivity index (χ3n) is 4.42. The Morgan fingerprint density at radius 2 is 2.00 bits per heavy atom. The predicted molar refractivity (Wildman–Crippen MR) is 78.3 cm³/mol. The summed E-state index contributed by atoms with van der Waals surface area (Å²) >= 11 is 0. The first-order chi connectivity index (χ1) is 9.25. The lowest BCUT2D eigenvalue weighted by molar-refractivity contribution is 0.448. The van der Waals surface area contributed by atoms with Gasteiger partial charge in [0.15, 0.2) is 0 Å². The SMILES string of the molecule is CC(C)CNCc1cnn(C2CCCC2)c1C1CC1. The molecule has 0 atom stereocenters. The van der Waals surface area contributed by atoms with Crippen LogP contribution in [-0.4, -0.2) is 16.3 Å². The molecular formula is C16H27N3. The van der Waals surface area contributed by atoms with Crippen LogP contribution in [-0.2, 0) is 6.54 Å². The van der Waals surface area contributed by atoms with Crippen LogP contribution in [0.15, 0.2) is 6.20 Å². The standard InChI is InChI=1S/C16H27N3/c1-12(2)9-17-10-14-11-18-19(15-5-3-4-6-15)16(14)13-7-8-13/h11-13,15,17H,3-10H2,1-2H3. The smallest absolute Gasteiger partial charge is 0.0537 e. The minimum Gasteiger partial charge on any atom is -0.312 e. The number of rotatable bonds is 6. The minimum atomic E-state index is 0.689. The molecular weight excluding hydrogens is 234 g/mol. The van der Waals surface area contributed by atoms with Crippen LogP contribution in [0.25, 0.3) is 0 Å². The van der Waals surface area contributed by atoms with Gasteiger partial charge in [0.25, 0.3) is 0 Å². The van der Waals surface area contributed by atoms with E-state index in [0.717, 1.165) is 19.0 Å². The molecule has 0 unspecified atom stereocenters. The molecule has 1 N–H and O–H groups in total. The van der Waals surface area contributed by atoms with Crippen LogP contribution in [0.3, 0.4) is 0 Å². The van der Waals surface area contributed by atoms with Crippen molar-refractivity contribution in [3.05, 3.63) is 17.5 Å². The lowest BCUT2D eigenvalue weighted by atomic mass is 10.1. The van der Waals surface area contributed by atoms with Gasteiger partial charge in [0.05, 0.1) is 12.2 Å². The maximum absolute atomic E-state index is 4.73. The Kier molecular flexibility index (Phi) is 3.92. The van der Waals surface area contributed by atoms with E-state index in [9.17, 15) is 0 Å². The maximum Gasteiger partial charge on any atom is 0.0537 e. The Morgan fingerprint density at radius 3 is 2.63 bits per heavy atom. The van der Waals surface area contributed by atoms with Crippen molar-refractivity contribution >= 4 is 0 Å². The first-order valence-corrected chi connectivity index (χ1v) is 8.02. The molecule has 19 heavy (non-hydrogen) atoms. The zero-order valence-electron chi connectivity index (χ0n) is 12.4. The van der Waals surface area contributed by atoms with E-state index < -0.39 is 0 Å². The largest absolute Gasteiger partial charge is 0.312 e. The fourth-order valence-corrected chi connectivity index (χ4v) is 3.28. The van der Waals surface area contributed by atoms with Gasteiger partial charge in [-0.05, 0) is 38.1 Å². The second kappa shape index (κ2) is 5.66. The first-order valence-electron chi connectivity index (χ1n) is 8.02. The average Bonchev–Trinajstić information content (AvgIpc) is 2.91. The third kappa shape index (κ3) is 3.02. The van der Waals surface area contributed by atoms with E-state index in [1.807, 2.05) is 0 Å². The highest BCUT2D eigenvalue weighted by molar-refractivity contribution is 5.26. The van der Waals surface area contributed by atoms with Crippen molar-refractivity contribution in [2.24, 2.45) is 5.92 Å². The molecule has 0 bridgehead atoms. The van der Waals surface area contributed by atoms with Crippen molar-refractivity contribution < 1.29 is 0 Å². The molecule has 1 aromatic rings. The molecule has 2 saturated carbocycles. The van der Waals surface area contributed by atoms with Crippen molar-refractivity contribution in [1.82, 2.24) is 15.1 Å². The van der Waals surface area contributed by atoms with Gasteiger partial charge in [0, 0.05) is 23.7 Å². The number of nitrogens with zero attached hydrogens (tertiary/aromatic N) is 2. The Hall–Kier alpha value is -0.830. The van der Waals surface area contributed by atoms with Crippen molar-refractivity contribution in [2.75, 3.05) is 6.54 Å². The molecule has 0 aromatic carbocycles. The third-order valence-corrected chi connectivity index (χ3v) is 4.42. The van der Waals surface area contributed by atoms with E-state index in [0.29, 0.717) is 12.0 Å². The summed E-state index contributed by atoms with van der Waals surface area (Å²) in [5.41, 5.74) is 3.01. The highest BCUT2D eigenvalue weighted by atomic mass is 15.3. The molecule has 3 nitrogen and oxygen atoms in total. The fourth-order valence-electron chi connectivity index (χ4n) is 3.28. The van der Waals surface area contributed by atoms with Crippen LogP contribution < -0.4 is 5.32 Å². The molecule has 0 amide bonds. The number of hydrogen-bond donors (Lipinski definition) is 1. The molecule has 2 aliphatic rings. The van der Waals surface area contributed by atoms with Crippen molar-refractivity contribution in [3.63, 3.8) is 0 Å². The Labute approximate surface area is 116 Å². The van der Waals surface area contributed by atoms with Gasteiger partial charge in [0.1, 0.15) is 0 Å². The van der Waals surface area contributed by atoms with Crippen molar-refractivity contribution in [2.45, 2.75) is 70.9 Å². The van der Waals surface area contributed by atoms with Gasteiger partial charge in [-0.1, -0.05) is 26.7 Å². The van der Waals surface area contributed by atoms with Gasteiger partial charge in [-0.3, -0.25) is 4.68 Å². The van der Waals surface area contributed by atoms with Gasteiger partial charge in [-0.2, -0.15) is 5.10 Å². The van der Waals surface area contributed by atoms with Gasteiger partial charge < -0.3 is 5.32 Å². The average molecular weight is 261 g/mol. The molecule has 0 radical (unpaired) electrons. The maximum atomic E-state index is 4.73. The van der Waals surface area contributed by atoms with Gasteiger partial charge in [-0.15, -0.1) is 0 Å². The van der Waals surface area contributed by atoms with E-state index in [1.54, 1.807) is 5.69 Å². The highest BCUT2D eigenvalue weighted by Crippen LogP contribution is 2.44. The summed E-state index contributed by atoms with van der Waals surface area (Å²) in [5, 5.41) is 8.31. The van der Waals surface area contributed by atoms with Gasteiger partial charge >= 0.3 is 0 Å². The van der Waals surface area contributed by atoms with Crippen LogP contribution in [0.1, 0.15) is 75.6 Å². The fraction of sp³-hybridized carbons (Fsp3) is 0.812. The molecule has 1 heterocycles.